The van der Waals surface area contributed by atoms with Crippen LogP contribution in [0.4, 0.5) is 5.82 Å². The lowest BCUT2D eigenvalue weighted by Crippen LogP contribution is -2.41. The summed E-state index contributed by atoms with van der Waals surface area (Å²) in [6.45, 7) is 0.771. The predicted molar refractivity (Wildman–Crippen MR) is 83.8 cm³/mol. The maximum Gasteiger partial charge on any atom is 0.268 e. The van der Waals surface area contributed by atoms with Crippen molar-refractivity contribution in [3.63, 3.8) is 0 Å². The number of fused-ring (bicyclic) bond motifs is 1. The standard InChI is InChI=1S/C12H18BrN3O3S/c1-20(2,3)5-4-18-8-16-10(17)7-19-12-11(16)15-9(13)6-14-12/h6H,4-5,7-8H2,1-3H3. The molecule has 0 spiro atoms. The fourth-order valence-corrected chi connectivity index (χ4v) is 2.44. The molecule has 8 heteroatoms. The Bertz CT molecular complexity index is 507. The van der Waals surface area contributed by atoms with Gasteiger partial charge in [-0.2, -0.15) is 0 Å². The first-order chi connectivity index (χ1) is 9.37. The monoisotopic (exact) mass is 363 g/mol. The molecule has 0 N–H and O–H groups in total. The summed E-state index contributed by atoms with van der Waals surface area (Å²) in [6.07, 6.45) is 8.23. The van der Waals surface area contributed by atoms with Gasteiger partial charge in [0, 0.05) is 5.75 Å². The van der Waals surface area contributed by atoms with Gasteiger partial charge in [0.25, 0.3) is 11.8 Å². The number of carbonyl (C=O) groups excluding carboxylic acids is 1. The lowest BCUT2D eigenvalue weighted by atomic mass is 10.4. The average Bonchev–Trinajstić information content (AvgIpc) is 2.35. The second-order valence-corrected chi connectivity index (χ2v) is 10.7. The second-order valence-electron chi connectivity index (χ2n) is 5.26. The molecule has 1 aromatic heterocycles. The molecule has 2 rings (SSSR count). The highest BCUT2D eigenvalue weighted by Crippen LogP contribution is 2.34. The van der Waals surface area contributed by atoms with Crippen LogP contribution in [0.2, 0.25) is 0 Å². The number of anilines is 1. The Kier molecular flexibility index (Phi) is 4.87. The second kappa shape index (κ2) is 6.28. The molecular weight excluding hydrogens is 346 g/mol. The van der Waals surface area contributed by atoms with E-state index in [1.165, 1.54) is 11.1 Å². The van der Waals surface area contributed by atoms with Gasteiger partial charge in [0.1, 0.15) is 11.3 Å². The van der Waals surface area contributed by atoms with E-state index in [4.69, 9.17) is 9.47 Å². The van der Waals surface area contributed by atoms with Crippen LogP contribution in [0.1, 0.15) is 0 Å². The molecule has 0 aromatic carbocycles. The van der Waals surface area contributed by atoms with Gasteiger partial charge in [0.15, 0.2) is 6.61 Å². The minimum atomic E-state index is -0.596. The quantitative estimate of drug-likeness (QED) is 0.744. The Morgan fingerprint density at radius 3 is 2.95 bits per heavy atom. The summed E-state index contributed by atoms with van der Waals surface area (Å²) in [5.41, 5.74) is 0. The van der Waals surface area contributed by atoms with Gasteiger partial charge in [-0.05, 0) is 34.7 Å². The summed E-state index contributed by atoms with van der Waals surface area (Å²) < 4.78 is 11.4. The largest absolute Gasteiger partial charge is 0.465 e. The smallest absolute Gasteiger partial charge is 0.268 e. The average molecular weight is 364 g/mol. The molecule has 1 aliphatic rings. The Hall–Kier alpha value is -0.860. The highest BCUT2D eigenvalue weighted by Gasteiger charge is 2.28. The van der Waals surface area contributed by atoms with Gasteiger partial charge in [-0.3, -0.25) is 9.69 Å². The van der Waals surface area contributed by atoms with E-state index in [-0.39, 0.29) is 19.2 Å². The molecule has 2 heterocycles. The number of hydrogen-bond acceptors (Lipinski definition) is 5. The van der Waals surface area contributed by atoms with Gasteiger partial charge in [-0.1, -0.05) is 0 Å². The van der Waals surface area contributed by atoms with E-state index in [2.05, 4.69) is 44.7 Å². The number of hydrogen-bond donors (Lipinski definition) is 0. The van der Waals surface area contributed by atoms with Crippen LogP contribution in [0.25, 0.3) is 0 Å². The third-order valence-corrected chi connectivity index (χ3v) is 4.42. The molecule has 20 heavy (non-hydrogen) atoms. The number of ether oxygens (including phenoxy) is 2. The maximum absolute atomic E-state index is 11.9. The van der Waals surface area contributed by atoms with Crippen molar-refractivity contribution < 1.29 is 14.3 Å². The van der Waals surface area contributed by atoms with Crippen LogP contribution in [-0.4, -0.2) is 60.3 Å². The van der Waals surface area contributed by atoms with E-state index < -0.39 is 10.0 Å². The Morgan fingerprint density at radius 1 is 1.50 bits per heavy atom. The summed E-state index contributed by atoms with van der Waals surface area (Å²) in [7, 11) is -0.596. The SMILES string of the molecule is CS(C)(C)CCOCN1C(=O)COc2ncc(Br)nc21. The van der Waals surface area contributed by atoms with Crippen molar-refractivity contribution in [3.8, 4) is 5.88 Å². The zero-order valence-electron chi connectivity index (χ0n) is 11.8. The molecule has 0 unspecified atom stereocenters. The van der Waals surface area contributed by atoms with Gasteiger partial charge in [-0.25, -0.2) is 20.0 Å². The zero-order chi connectivity index (χ0) is 14.8. The Labute approximate surface area is 128 Å². The number of halogens is 1. The fourth-order valence-electron chi connectivity index (χ4n) is 1.55. The first kappa shape index (κ1) is 15.5. The summed E-state index contributed by atoms with van der Waals surface area (Å²) >= 11 is 3.24. The van der Waals surface area contributed by atoms with Crippen LogP contribution in [0.15, 0.2) is 10.8 Å². The third kappa shape index (κ3) is 4.07. The maximum atomic E-state index is 11.9. The van der Waals surface area contributed by atoms with Crippen LogP contribution in [0.5, 0.6) is 5.88 Å². The molecule has 0 atom stereocenters. The molecule has 1 aliphatic heterocycles. The van der Waals surface area contributed by atoms with Gasteiger partial charge in [0.2, 0.25) is 5.82 Å². The summed E-state index contributed by atoms with van der Waals surface area (Å²) in [5.74, 6) is 1.59. The number of nitrogens with zero attached hydrogens (tertiary/aromatic N) is 3. The highest BCUT2D eigenvalue weighted by molar-refractivity contribution is 9.10. The minimum absolute atomic E-state index is 0.0306. The normalized spacial score (nSPS) is 15.8. The van der Waals surface area contributed by atoms with E-state index in [0.29, 0.717) is 22.9 Å². The molecule has 0 bridgehead atoms. The molecule has 0 saturated heterocycles. The van der Waals surface area contributed by atoms with Crippen LogP contribution in [0.3, 0.4) is 0 Å². The Balaban J connectivity index is 2.01. The van der Waals surface area contributed by atoms with Crippen molar-refractivity contribution in [2.45, 2.75) is 0 Å². The van der Waals surface area contributed by atoms with Gasteiger partial charge >= 0.3 is 0 Å². The summed E-state index contributed by atoms with van der Waals surface area (Å²) in [6, 6.07) is 0. The van der Waals surface area contributed by atoms with Crippen LogP contribution in [-0.2, 0) is 9.53 Å². The molecule has 112 valence electrons. The molecular formula is C12H18BrN3O3S. The van der Waals surface area contributed by atoms with Crippen LogP contribution >= 0.6 is 26.0 Å². The summed E-state index contributed by atoms with van der Waals surface area (Å²) in [5, 5.41) is 0. The first-order valence-electron chi connectivity index (χ1n) is 6.06. The van der Waals surface area contributed by atoms with Gasteiger partial charge < -0.3 is 9.47 Å². The van der Waals surface area contributed by atoms with Gasteiger partial charge in [0.05, 0.1) is 12.8 Å². The van der Waals surface area contributed by atoms with E-state index in [9.17, 15) is 4.79 Å². The first-order valence-corrected chi connectivity index (χ1v) is 9.88. The zero-order valence-corrected chi connectivity index (χ0v) is 14.2. The Morgan fingerprint density at radius 2 is 2.25 bits per heavy atom. The van der Waals surface area contributed by atoms with Crippen molar-refractivity contribution in [3.05, 3.63) is 10.8 Å². The molecule has 6 nitrogen and oxygen atoms in total. The van der Waals surface area contributed by atoms with Crippen molar-refractivity contribution in [1.82, 2.24) is 9.97 Å². The highest BCUT2D eigenvalue weighted by atomic mass is 79.9. The lowest BCUT2D eigenvalue weighted by molar-refractivity contribution is -0.122. The van der Waals surface area contributed by atoms with Crippen molar-refractivity contribution in [2.75, 3.05) is 49.4 Å². The fraction of sp³-hybridized carbons (Fsp3) is 0.583. The molecule has 0 radical (unpaired) electrons. The minimum Gasteiger partial charge on any atom is -0.465 e. The summed E-state index contributed by atoms with van der Waals surface area (Å²) in [4.78, 5) is 21.7. The van der Waals surface area contributed by atoms with Crippen molar-refractivity contribution >= 4 is 37.7 Å². The number of amides is 1. The van der Waals surface area contributed by atoms with E-state index in [0.717, 1.165) is 5.75 Å². The van der Waals surface area contributed by atoms with E-state index in [1.54, 1.807) is 0 Å². The van der Waals surface area contributed by atoms with Crippen LogP contribution < -0.4 is 9.64 Å². The molecule has 0 fully saturated rings. The topological polar surface area (TPSA) is 64.5 Å². The third-order valence-electron chi connectivity index (χ3n) is 2.64. The van der Waals surface area contributed by atoms with Gasteiger partial charge in [-0.15, -0.1) is 0 Å². The van der Waals surface area contributed by atoms with E-state index >= 15 is 0 Å². The van der Waals surface area contributed by atoms with Crippen LogP contribution in [0, 0.1) is 0 Å². The van der Waals surface area contributed by atoms with Crippen molar-refractivity contribution in [1.29, 1.82) is 0 Å². The van der Waals surface area contributed by atoms with Crippen molar-refractivity contribution in [2.24, 2.45) is 0 Å². The lowest BCUT2D eigenvalue weighted by Gasteiger charge is -2.28. The molecule has 1 amide bonds. The molecule has 1 aromatic rings. The number of aromatic nitrogens is 2. The van der Waals surface area contributed by atoms with E-state index in [1.807, 2.05) is 0 Å². The number of rotatable bonds is 5. The number of carbonyl (C=O) groups is 1. The predicted octanol–water partition coefficient (Wildman–Crippen LogP) is 1.63. The molecule has 0 aliphatic carbocycles. The molecule has 0 saturated carbocycles.